The molecule has 0 spiro atoms. The number of pyridine rings is 1. The van der Waals surface area contributed by atoms with Gasteiger partial charge in [-0.3, -0.25) is 4.98 Å². The second-order valence-corrected chi connectivity index (χ2v) is 5.45. The average Bonchev–Trinajstić information content (AvgIpc) is 2.51. The van der Waals surface area contributed by atoms with Gasteiger partial charge in [0, 0.05) is 48.0 Å². The normalized spacial score (nSPS) is 11.1. The minimum absolute atomic E-state index is 0.846. The zero-order valence-corrected chi connectivity index (χ0v) is 14.0. The molecule has 0 atom stereocenters. The molecule has 0 radical (unpaired) electrons. The van der Waals surface area contributed by atoms with Crippen molar-refractivity contribution in [2.45, 2.75) is 33.6 Å². The molecule has 0 amide bonds. The van der Waals surface area contributed by atoms with Crippen LogP contribution in [0.3, 0.4) is 0 Å². The summed E-state index contributed by atoms with van der Waals surface area (Å²) < 4.78 is 0. The minimum atomic E-state index is 0.846. The van der Waals surface area contributed by atoms with Crippen molar-refractivity contribution in [3.8, 4) is 0 Å². The molecule has 0 saturated heterocycles. The molecule has 0 aliphatic carbocycles. The van der Waals surface area contributed by atoms with Crippen LogP contribution < -0.4 is 0 Å². The number of hydrogen-bond acceptors (Lipinski definition) is 3. The van der Waals surface area contributed by atoms with Gasteiger partial charge in [0.1, 0.15) is 0 Å². The first-order chi connectivity index (χ1) is 10.5. The first-order valence-electron chi connectivity index (χ1n) is 7.74. The Bertz CT molecular complexity index is 570. The van der Waals surface area contributed by atoms with E-state index in [9.17, 15) is 0 Å². The quantitative estimate of drug-likeness (QED) is 0.413. The minimum Gasteiger partial charge on any atom is -0.372 e. The molecule has 3 nitrogen and oxygen atoms in total. The van der Waals surface area contributed by atoms with E-state index in [0.29, 0.717) is 0 Å². The number of hydrogen-bond donors (Lipinski definition) is 1. The van der Waals surface area contributed by atoms with E-state index in [1.807, 2.05) is 32.2 Å². The molecule has 0 saturated carbocycles. The van der Waals surface area contributed by atoms with Crippen LogP contribution >= 0.6 is 0 Å². The van der Waals surface area contributed by atoms with Gasteiger partial charge in [0.2, 0.25) is 0 Å². The summed E-state index contributed by atoms with van der Waals surface area (Å²) in [5.41, 5.74) is 4.80. The van der Waals surface area contributed by atoms with Crippen molar-refractivity contribution in [1.82, 2.24) is 9.88 Å². The third-order valence-corrected chi connectivity index (χ3v) is 3.52. The van der Waals surface area contributed by atoms with Crippen molar-refractivity contribution in [2.24, 2.45) is 0 Å². The third-order valence-electron chi connectivity index (χ3n) is 3.52. The molecule has 0 unspecified atom stereocenters. The maximum Gasteiger partial charge on any atom is 0.0451 e. The molecule has 1 N–H and O–H groups in total. The van der Waals surface area contributed by atoms with E-state index < -0.39 is 0 Å². The molecule has 1 heterocycles. The van der Waals surface area contributed by atoms with E-state index in [-0.39, 0.29) is 0 Å². The zero-order chi connectivity index (χ0) is 16.5. The third kappa shape index (κ3) is 4.99. The van der Waals surface area contributed by atoms with Gasteiger partial charge in [-0.15, -0.1) is 6.58 Å². The standard InChI is InChI=1S/C19H27N3/c1-6-8-10-22(9-7-2)16(4)12-18(13-20)19-11-15(3)14-21-17(19)5/h6,11-14,20H,1,4,7-10H2,2-3,5H3/b18-12+,20-13?. The fraction of sp³-hybridized carbons (Fsp3) is 0.368. The molecule has 3 heteroatoms. The van der Waals surface area contributed by atoms with Gasteiger partial charge in [0.25, 0.3) is 0 Å². The van der Waals surface area contributed by atoms with Gasteiger partial charge in [-0.05, 0) is 44.4 Å². The van der Waals surface area contributed by atoms with Crippen molar-refractivity contribution in [3.05, 3.63) is 60.1 Å². The van der Waals surface area contributed by atoms with Gasteiger partial charge >= 0.3 is 0 Å². The fourth-order valence-electron chi connectivity index (χ4n) is 2.31. The van der Waals surface area contributed by atoms with Crippen LogP contribution in [0.15, 0.2) is 43.3 Å². The lowest BCUT2D eigenvalue weighted by Crippen LogP contribution is -2.23. The van der Waals surface area contributed by atoms with Gasteiger partial charge in [0.05, 0.1) is 0 Å². The smallest absolute Gasteiger partial charge is 0.0451 e. The lowest BCUT2D eigenvalue weighted by atomic mass is 10.0. The molecule has 1 rings (SSSR count). The topological polar surface area (TPSA) is 40.0 Å². The molecule has 0 aliphatic rings. The van der Waals surface area contributed by atoms with Crippen LogP contribution in [0, 0.1) is 19.3 Å². The summed E-state index contributed by atoms with van der Waals surface area (Å²) in [4.78, 5) is 6.62. The van der Waals surface area contributed by atoms with Crippen LogP contribution in [0.25, 0.3) is 5.57 Å². The van der Waals surface area contributed by atoms with Gasteiger partial charge in [-0.1, -0.05) is 19.6 Å². The van der Waals surface area contributed by atoms with E-state index in [2.05, 4.69) is 36.0 Å². The Morgan fingerprint density at radius 2 is 2.09 bits per heavy atom. The van der Waals surface area contributed by atoms with Crippen molar-refractivity contribution in [1.29, 1.82) is 5.41 Å². The number of rotatable bonds is 9. The van der Waals surface area contributed by atoms with Gasteiger partial charge in [0.15, 0.2) is 0 Å². The van der Waals surface area contributed by atoms with Crippen LogP contribution in [0.5, 0.6) is 0 Å². The maximum atomic E-state index is 7.74. The summed E-state index contributed by atoms with van der Waals surface area (Å²) in [5.74, 6) is 0. The lowest BCUT2D eigenvalue weighted by Gasteiger charge is -2.24. The first-order valence-corrected chi connectivity index (χ1v) is 7.74. The summed E-state index contributed by atoms with van der Waals surface area (Å²) in [5, 5.41) is 7.74. The molecular formula is C19H27N3. The lowest BCUT2D eigenvalue weighted by molar-refractivity contribution is 0.363. The number of aromatic nitrogens is 1. The number of allylic oxidation sites excluding steroid dienone is 2. The van der Waals surface area contributed by atoms with Crippen molar-refractivity contribution in [2.75, 3.05) is 13.1 Å². The SMILES string of the molecule is C=CCCN(CCC)C(=C)/C=C(\C=N)c1cc(C)cnc1C. The van der Waals surface area contributed by atoms with Gasteiger partial charge in [-0.2, -0.15) is 0 Å². The summed E-state index contributed by atoms with van der Waals surface area (Å²) in [6.45, 7) is 16.0. The summed E-state index contributed by atoms with van der Waals surface area (Å²) in [7, 11) is 0. The molecule has 22 heavy (non-hydrogen) atoms. The van der Waals surface area contributed by atoms with Crippen LogP contribution in [0.1, 0.15) is 36.6 Å². The molecule has 1 aromatic rings. The second-order valence-electron chi connectivity index (χ2n) is 5.45. The average molecular weight is 297 g/mol. The first kappa shape index (κ1) is 17.9. The Labute approximate surface area is 134 Å². The Morgan fingerprint density at radius 3 is 2.68 bits per heavy atom. The van der Waals surface area contributed by atoms with E-state index >= 15 is 0 Å². The zero-order valence-electron chi connectivity index (χ0n) is 14.0. The molecular weight excluding hydrogens is 270 g/mol. The van der Waals surface area contributed by atoms with E-state index in [1.165, 1.54) is 6.21 Å². The van der Waals surface area contributed by atoms with Gasteiger partial charge < -0.3 is 10.3 Å². The van der Waals surface area contributed by atoms with Crippen LogP contribution in [0.4, 0.5) is 0 Å². The maximum absolute atomic E-state index is 7.74. The van der Waals surface area contributed by atoms with E-state index in [0.717, 1.165) is 54.0 Å². The van der Waals surface area contributed by atoms with E-state index in [4.69, 9.17) is 5.41 Å². The molecule has 0 fully saturated rings. The monoisotopic (exact) mass is 297 g/mol. The number of nitrogens with zero attached hydrogens (tertiary/aromatic N) is 2. The fourth-order valence-corrected chi connectivity index (χ4v) is 2.31. The van der Waals surface area contributed by atoms with E-state index in [1.54, 1.807) is 0 Å². The Kier molecular flexibility index (Phi) is 7.30. The summed E-state index contributed by atoms with van der Waals surface area (Å²) in [6, 6.07) is 2.07. The van der Waals surface area contributed by atoms with Crippen LogP contribution in [-0.4, -0.2) is 29.2 Å². The van der Waals surface area contributed by atoms with Crippen molar-refractivity contribution >= 4 is 11.8 Å². The Hall–Kier alpha value is -2.16. The summed E-state index contributed by atoms with van der Waals surface area (Å²) in [6.07, 6.45) is 9.13. The Balaban J connectivity index is 3.07. The largest absolute Gasteiger partial charge is 0.372 e. The Morgan fingerprint density at radius 1 is 1.36 bits per heavy atom. The molecule has 118 valence electrons. The number of aryl methyl sites for hydroxylation is 2. The molecule has 0 bridgehead atoms. The van der Waals surface area contributed by atoms with Crippen LogP contribution in [-0.2, 0) is 0 Å². The predicted octanol–water partition coefficient (Wildman–Crippen LogP) is 4.53. The highest BCUT2D eigenvalue weighted by Gasteiger charge is 2.08. The van der Waals surface area contributed by atoms with Crippen molar-refractivity contribution in [3.63, 3.8) is 0 Å². The highest BCUT2D eigenvalue weighted by Crippen LogP contribution is 2.20. The summed E-state index contributed by atoms with van der Waals surface area (Å²) >= 11 is 0. The molecule has 0 aliphatic heterocycles. The van der Waals surface area contributed by atoms with Crippen molar-refractivity contribution < 1.29 is 0 Å². The highest BCUT2D eigenvalue weighted by molar-refractivity contribution is 6.09. The second kappa shape index (κ2) is 8.98. The predicted molar refractivity (Wildman–Crippen MR) is 96.3 cm³/mol. The number of nitrogens with one attached hydrogen (secondary N) is 1. The molecule has 0 aromatic carbocycles. The van der Waals surface area contributed by atoms with Gasteiger partial charge in [-0.25, -0.2) is 0 Å². The molecule has 1 aromatic heterocycles. The highest BCUT2D eigenvalue weighted by atomic mass is 15.1. The van der Waals surface area contributed by atoms with Crippen LogP contribution in [0.2, 0.25) is 0 Å².